The van der Waals surface area contributed by atoms with E-state index in [-0.39, 0.29) is 29.5 Å². The smallest absolute Gasteiger partial charge is 0.246 e. The van der Waals surface area contributed by atoms with Gasteiger partial charge in [-0.2, -0.15) is 4.98 Å². The molecule has 2 saturated heterocycles. The van der Waals surface area contributed by atoms with Crippen molar-refractivity contribution in [3.05, 3.63) is 48.6 Å². The summed E-state index contributed by atoms with van der Waals surface area (Å²) in [7, 11) is 0. The van der Waals surface area contributed by atoms with E-state index in [0.717, 1.165) is 12.8 Å². The Morgan fingerprint density at radius 1 is 1.25 bits per heavy atom. The highest BCUT2D eigenvalue weighted by atomic mass is 19.1. The molecule has 0 radical (unpaired) electrons. The number of halogens is 1. The molecule has 7 nitrogen and oxygen atoms in total. The molecular weight excluding hydrogens is 363 g/mol. The van der Waals surface area contributed by atoms with Gasteiger partial charge in [-0.15, -0.1) is 0 Å². The summed E-state index contributed by atoms with van der Waals surface area (Å²) in [5.74, 6) is 0.165. The van der Waals surface area contributed by atoms with E-state index in [1.165, 1.54) is 18.2 Å². The molecule has 0 aliphatic carbocycles. The fourth-order valence-electron chi connectivity index (χ4n) is 3.73. The van der Waals surface area contributed by atoms with Crippen LogP contribution in [0.4, 0.5) is 4.39 Å². The molecule has 146 valence electrons. The molecule has 28 heavy (non-hydrogen) atoms. The van der Waals surface area contributed by atoms with Crippen molar-refractivity contribution in [2.24, 2.45) is 5.92 Å². The van der Waals surface area contributed by atoms with Crippen LogP contribution in [0.1, 0.15) is 24.7 Å². The van der Waals surface area contributed by atoms with Crippen LogP contribution in [0, 0.1) is 11.7 Å². The summed E-state index contributed by atoms with van der Waals surface area (Å²) >= 11 is 0. The highest BCUT2D eigenvalue weighted by Gasteiger charge is 2.39. The SMILES string of the molecule is C=CC(=O)N1CC(C(=O)N2CCCC(c3nc(-c4cccc(F)c4)no3)C2)C1. The number of amides is 2. The van der Waals surface area contributed by atoms with Crippen molar-refractivity contribution in [1.29, 1.82) is 0 Å². The summed E-state index contributed by atoms with van der Waals surface area (Å²) in [6, 6.07) is 6.04. The van der Waals surface area contributed by atoms with E-state index in [2.05, 4.69) is 16.7 Å². The van der Waals surface area contributed by atoms with E-state index in [1.807, 2.05) is 4.90 Å². The highest BCUT2D eigenvalue weighted by molar-refractivity contribution is 5.90. The van der Waals surface area contributed by atoms with Crippen LogP contribution in [-0.4, -0.2) is 57.9 Å². The van der Waals surface area contributed by atoms with Crippen molar-refractivity contribution in [3.8, 4) is 11.4 Å². The maximum absolute atomic E-state index is 13.4. The summed E-state index contributed by atoms with van der Waals surface area (Å²) < 4.78 is 18.8. The summed E-state index contributed by atoms with van der Waals surface area (Å²) in [5.41, 5.74) is 0.556. The fourth-order valence-corrected chi connectivity index (χ4v) is 3.73. The number of rotatable bonds is 4. The Morgan fingerprint density at radius 3 is 2.82 bits per heavy atom. The third-order valence-corrected chi connectivity index (χ3v) is 5.32. The van der Waals surface area contributed by atoms with Crippen molar-refractivity contribution in [2.75, 3.05) is 26.2 Å². The number of aromatic nitrogens is 2. The first-order valence-electron chi connectivity index (χ1n) is 9.35. The van der Waals surface area contributed by atoms with Crippen molar-refractivity contribution in [2.45, 2.75) is 18.8 Å². The standard InChI is InChI=1S/C20H21FN4O3/c1-2-17(26)25-11-15(12-25)20(27)24-8-4-6-14(10-24)19-22-18(23-28-19)13-5-3-7-16(21)9-13/h2-3,5,7,9,14-15H,1,4,6,8,10-12H2. The van der Waals surface area contributed by atoms with Crippen LogP contribution in [0.5, 0.6) is 0 Å². The van der Waals surface area contributed by atoms with Crippen LogP contribution in [0.25, 0.3) is 11.4 Å². The van der Waals surface area contributed by atoms with Gasteiger partial charge in [0.25, 0.3) is 0 Å². The Bertz CT molecular complexity index is 906. The van der Waals surface area contributed by atoms with Gasteiger partial charge < -0.3 is 14.3 Å². The van der Waals surface area contributed by atoms with Gasteiger partial charge >= 0.3 is 0 Å². The molecule has 2 fully saturated rings. The van der Waals surface area contributed by atoms with Gasteiger partial charge in [0.15, 0.2) is 0 Å². The number of carbonyl (C=O) groups excluding carboxylic acids is 2. The number of piperidine rings is 1. The minimum atomic E-state index is -0.359. The van der Waals surface area contributed by atoms with Crippen molar-refractivity contribution in [1.82, 2.24) is 19.9 Å². The molecule has 0 saturated carbocycles. The van der Waals surface area contributed by atoms with Gasteiger partial charge in [-0.25, -0.2) is 4.39 Å². The minimum Gasteiger partial charge on any atom is -0.342 e. The Labute approximate surface area is 161 Å². The number of benzene rings is 1. The zero-order valence-electron chi connectivity index (χ0n) is 15.4. The van der Waals surface area contributed by atoms with Gasteiger partial charge in [-0.05, 0) is 31.1 Å². The Hall–Kier alpha value is -3.03. The summed E-state index contributed by atoms with van der Waals surface area (Å²) in [6.45, 7) is 5.54. The van der Waals surface area contributed by atoms with Crippen LogP contribution < -0.4 is 0 Å². The van der Waals surface area contributed by atoms with E-state index in [1.54, 1.807) is 17.0 Å². The van der Waals surface area contributed by atoms with Crippen LogP contribution >= 0.6 is 0 Å². The second-order valence-corrected chi connectivity index (χ2v) is 7.23. The first-order chi connectivity index (χ1) is 13.5. The molecule has 0 N–H and O–H groups in total. The molecule has 1 atom stereocenters. The molecule has 4 rings (SSSR count). The first kappa shape index (κ1) is 18.3. The second kappa shape index (κ2) is 7.53. The topological polar surface area (TPSA) is 79.5 Å². The van der Waals surface area contributed by atoms with Crippen LogP contribution in [0.15, 0.2) is 41.4 Å². The zero-order chi connectivity index (χ0) is 19.7. The third-order valence-electron chi connectivity index (χ3n) is 5.32. The summed E-state index contributed by atoms with van der Waals surface area (Å²) in [5, 5.41) is 3.96. The Balaban J connectivity index is 1.40. The van der Waals surface area contributed by atoms with Gasteiger partial charge in [0.1, 0.15) is 5.82 Å². The largest absolute Gasteiger partial charge is 0.342 e. The van der Waals surface area contributed by atoms with Gasteiger partial charge in [0.05, 0.1) is 11.8 Å². The van der Waals surface area contributed by atoms with E-state index in [0.29, 0.717) is 43.5 Å². The molecule has 3 heterocycles. The lowest BCUT2D eigenvalue weighted by molar-refractivity contribution is -0.147. The average Bonchev–Trinajstić information content (AvgIpc) is 3.17. The highest BCUT2D eigenvalue weighted by Crippen LogP contribution is 2.29. The van der Waals surface area contributed by atoms with E-state index < -0.39 is 0 Å². The van der Waals surface area contributed by atoms with Gasteiger partial charge in [0, 0.05) is 31.7 Å². The molecule has 1 unspecified atom stereocenters. The lowest BCUT2D eigenvalue weighted by atomic mass is 9.93. The maximum Gasteiger partial charge on any atom is 0.246 e. The predicted molar refractivity (Wildman–Crippen MR) is 98.5 cm³/mol. The molecule has 0 spiro atoms. The number of hydrogen-bond donors (Lipinski definition) is 0. The molecule has 2 aliphatic rings. The molecule has 1 aromatic heterocycles. The van der Waals surface area contributed by atoms with Crippen LogP contribution in [0.3, 0.4) is 0 Å². The van der Waals surface area contributed by atoms with Gasteiger partial charge in [-0.3, -0.25) is 9.59 Å². The first-order valence-corrected chi connectivity index (χ1v) is 9.35. The van der Waals surface area contributed by atoms with Crippen molar-refractivity contribution < 1.29 is 18.5 Å². The number of hydrogen-bond acceptors (Lipinski definition) is 5. The molecule has 0 bridgehead atoms. The molecule has 1 aromatic carbocycles. The van der Waals surface area contributed by atoms with E-state index in [4.69, 9.17) is 4.52 Å². The second-order valence-electron chi connectivity index (χ2n) is 7.23. The minimum absolute atomic E-state index is 0.0431. The monoisotopic (exact) mass is 384 g/mol. The molecule has 8 heteroatoms. The van der Waals surface area contributed by atoms with Gasteiger partial charge in [-0.1, -0.05) is 23.9 Å². The lowest BCUT2D eigenvalue weighted by Gasteiger charge is -2.41. The maximum atomic E-state index is 13.4. The summed E-state index contributed by atoms with van der Waals surface area (Å²) in [6.07, 6.45) is 2.96. The quantitative estimate of drug-likeness (QED) is 0.756. The molecule has 2 amide bonds. The van der Waals surface area contributed by atoms with Crippen molar-refractivity contribution in [3.63, 3.8) is 0 Å². The molecule has 2 aliphatic heterocycles. The van der Waals surface area contributed by atoms with Gasteiger partial charge in [0.2, 0.25) is 23.5 Å². The Morgan fingerprint density at radius 2 is 2.07 bits per heavy atom. The van der Waals surface area contributed by atoms with Crippen LogP contribution in [0.2, 0.25) is 0 Å². The van der Waals surface area contributed by atoms with E-state index in [9.17, 15) is 14.0 Å². The molecule has 2 aromatic rings. The normalized spacial score (nSPS) is 20.0. The van der Waals surface area contributed by atoms with Crippen LogP contribution in [-0.2, 0) is 9.59 Å². The molecular formula is C20H21FN4O3. The zero-order valence-corrected chi connectivity index (χ0v) is 15.4. The van der Waals surface area contributed by atoms with E-state index >= 15 is 0 Å². The van der Waals surface area contributed by atoms with Crippen molar-refractivity contribution >= 4 is 11.8 Å². The average molecular weight is 384 g/mol. The summed E-state index contributed by atoms with van der Waals surface area (Å²) in [4.78, 5) is 32.1. The lowest BCUT2D eigenvalue weighted by Crippen LogP contribution is -2.57. The number of carbonyl (C=O) groups is 2. The third kappa shape index (κ3) is 3.54. The number of nitrogens with zero attached hydrogens (tertiary/aromatic N) is 4. The number of likely N-dealkylation sites (tertiary alicyclic amines) is 2. The predicted octanol–water partition coefficient (Wildman–Crippen LogP) is 2.23. The Kier molecular flexibility index (Phi) is 4.93. The fraction of sp³-hybridized carbons (Fsp3) is 0.400.